The van der Waals surface area contributed by atoms with Crippen LogP contribution in [0.5, 0.6) is 0 Å². The highest BCUT2D eigenvalue weighted by Gasteiger charge is 2.53. The summed E-state index contributed by atoms with van der Waals surface area (Å²) in [4.78, 5) is 61.3. The number of esters is 1. The Balaban J connectivity index is 0.000000249. The van der Waals surface area contributed by atoms with Gasteiger partial charge in [0.1, 0.15) is 18.2 Å². The Morgan fingerprint density at radius 3 is 1.29 bits per heavy atom. The molecule has 2 aliphatic rings. The fourth-order valence-corrected chi connectivity index (χ4v) is 26.8. The number of aromatic nitrogens is 2. The van der Waals surface area contributed by atoms with Crippen LogP contribution in [0.2, 0.25) is 72.5 Å². The lowest BCUT2D eigenvalue weighted by atomic mass is 9.81. The van der Waals surface area contributed by atoms with E-state index in [0.29, 0.717) is 61.4 Å². The number of unbranched alkanes of at least 4 members (excludes halogenated alkanes) is 7. The molecule has 4 aromatic heterocycles. The molecule has 10 aromatic rings. The Morgan fingerprint density at radius 1 is 0.433 bits per heavy atom. The molecule has 12 rings (SSSR count). The molecule has 730 valence electrons. The Morgan fingerprint density at radius 2 is 0.836 bits per heavy atom. The Bertz CT molecular complexity index is 5320. The van der Waals surface area contributed by atoms with E-state index in [1.54, 1.807) is 12.4 Å². The zero-order chi connectivity index (χ0) is 97.7. The van der Waals surface area contributed by atoms with E-state index >= 15 is 0 Å². The molecule has 13 nitrogen and oxygen atoms in total. The molecular formula is C115H166N2O11S2Si4. The molecule has 12 atom stereocenters. The van der Waals surface area contributed by atoms with Crippen molar-refractivity contribution >= 4 is 121 Å². The topological polar surface area (TPSA) is 181 Å². The Hall–Kier alpha value is -6.99. The van der Waals surface area contributed by atoms with E-state index in [-0.39, 0.29) is 81.1 Å². The number of carbonyl (C=O) groups excluding carboxylic acids is 3. The summed E-state index contributed by atoms with van der Waals surface area (Å²) in [5.74, 6) is 2.74. The van der Waals surface area contributed by atoms with Crippen LogP contribution in [0.25, 0.3) is 41.7 Å². The maximum atomic E-state index is 13.5. The predicted molar refractivity (Wildman–Crippen MR) is 573 cm³/mol. The van der Waals surface area contributed by atoms with Crippen molar-refractivity contribution in [2.75, 3.05) is 0 Å². The monoisotopic (exact) mass is 1930 g/mol. The smallest absolute Gasteiger partial charge is 0.306 e. The standard InChI is InChI=1S/C62H93NO6SSi3.C32H52O3SSi.C21H21NO2/c1-17-50(53(64)39-45-30-33-49-42-63-37-36-47(49)38-45)46-31-28-44(29-32-46)43-66-59(65)27-21-19-18-20-25-51-52(56(69-73(15,16)62(8,9)10)41-55(51)68-72(13,14)61(5,6)7)34-35-54(67-71(11,12)60(2,3)4)58-40-48-24-22-23-26-57(48)70-58;1-23(30-22-25-15-13-14-17-29(25)36-30)19-20-26-24(2)21-28(35-37(6,7)32(3,4)5)27(26)16-11-9-8-10-12-18-31(33)34;1-2-20(17-6-3-15(14-23)4-7-17)21(24)12-16-5-8-19-13-22-10-9-18(19)11-16/h22-24,26,28-33,36-38,40,42,50-52,54-56H,17-21,25,27,34-35,39,41,43H2,1-16H3;13-15,17,22-24,26-28H,8-12,16,18-21H2,1-7H3,(H,33,34);3-11,13,20,23H,2,12,14H2,1H3/t50?,51?,52-,54-,55+,56-;23-,24-,26+,27-,28+;/m11./s1. The third-order valence-corrected chi connectivity index (χ3v) is 52.0. The first-order chi connectivity index (χ1) is 63.2. The van der Waals surface area contributed by atoms with Crippen LogP contribution in [0.15, 0.2) is 183 Å². The van der Waals surface area contributed by atoms with Gasteiger partial charge in [-0.3, -0.25) is 29.1 Å². The molecule has 6 aromatic carbocycles. The van der Waals surface area contributed by atoms with Crippen LogP contribution in [-0.2, 0) is 67.7 Å². The first kappa shape index (κ1) is 109. The number of carbonyl (C=O) groups is 4. The van der Waals surface area contributed by atoms with Gasteiger partial charge < -0.3 is 32.7 Å². The van der Waals surface area contributed by atoms with Gasteiger partial charge in [0, 0.05) is 98.3 Å². The second-order valence-corrected chi connectivity index (χ2v) is 66.7. The maximum absolute atomic E-state index is 13.5. The van der Waals surface area contributed by atoms with Crippen molar-refractivity contribution in [1.29, 1.82) is 0 Å². The molecule has 2 aliphatic carbocycles. The van der Waals surface area contributed by atoms with Crippen molar-refractivity contribution in [1.82, 2.24) is 9.97 Å². The number of ketones is 2. The van der Waals surface area contributed by atoms with Gasteiger partial charge in [0.15, 0.2) is 33.3 Å². The summed E-state index contributed by atoms with van der Waals surface area (Å²) < 4.78 is 38.1. The zero-order valence-corrected chi connectivity index (χ0v) is 91.8. The number of pyridine rings is 2. The largest absolute Gasteiger partial charge is 0.481 e. The van der Waals surface area contributed by atoms with Crippen LogP contribution in [0, 0.1) is 29.6 Å². The van der Waals surface area contributed by atoms with Crippen LogP contribution in [0.3, 0.4) is 0 Å². The molecule has 0 spiro atoms. The number of Topliss-reactive ketones (excluding diaryl/α,β-unsaturated/α-hetero) is 2. The number of benzene rings is 6. The van der Waals surface area contributed by atoms with E-state index in [1.807, 2.05) is 127 Å². The SMILES string of the molecule is CCC(C(=O)Cc1ccc2cnccc2c1)c1ccc(CO)cc1.CCC(C(=O)Cc1ccc2cnccc2c1)c1ccc(COC(=O)CCCCCCC2[C@@H](O[Si](C)(C)C(C)(C)C)C[C@@H](O[Si](C)(C)C(C)(C)C)[C@@H]2CC[C@@H](O[Si](C)(C)C(C)(C)C)c2cc3ccccc3s2)cc1.C[C@H](CC[C@@H]1[C@@H](CCCCCCCC(=O)O)[C@@H](O[Si](C)(C)C(C)(C)C)C[C@H]1C)c1cc2ccccc2s1. The maximum Gasteiger partial charge on any atom is 0.306 e. The van der Waals surface area contributed by atoms with Gasteiger partial charge in [-0.05, 0) is 276 Å². The second kappa shape index (κ2) is 48.7. The molecule has 2 N–H and O–H groups in total. The Labute approximate surface area is 818 Å². The lowest BCUT2D eigenvalue weighted by Crippen LogP contribution is -2.45. The number of ether oxygens (including phenoxy) is 1. The van der Waals surface area contributed by atoms with E-state index in [1.165, 1.54) is 68.5 Å². The van der Waals surface area contributed by atoms with Crippen LogP contribution in [0.4, 0.5) is 0 Å². The quantitative estimate of drug-likeness (QED) is 0.0209. The van der Waals surface area contributed by atoms with Gasteiger partial charge in [0.2, 0.25) is 0 Å². The predicted octanol–water partition coefficient (Wildman–Crippen LogP) is 32.4. The molecule has 0 aliphatic heterocycles. The minimum Gasteiger partial charge on any atom is -0.481 e. The van der Waals surface area contributed by atoms with Crippen molar-refractivity contribution in [3.8, 4) is 0 Å². The van der Waals surface area contributed by atoms with Gasteiger partial charge in [-0.15, -0.1) is 22.7 Å². The summed E-state index contributed by atoms with van der Waals surface area (Å²) in [5.41, 5.74) is 5.86. The van der Waals surface area contributed by atoms with E-state index in [2.05, 4.69) is 239 Å². The van der Waals surface area contributed by atoms with E-state index < -0.39 is 39.2 Å². The third-order valence-electron chi connectivity index (χ3n) is 31.4. The van der Waals surface area contributed by atoms with Crippen LogP contribution >= 0.6 is 22.7 Å². The summed E-state index contributed by atoms with van der Waals surface area (Å²) >= 11 is 3.87. The van der Waals surface area contributed by atoms with E-state index in [4.69, 9.17) is 32.7 Å². The summed E-state index contributed by atoms with van der Waals surface area (Å²) in [5, 5.41) is 25.6. The molecule has 2 fully saturated rings. The molecule has 0 bridgehead atoms. The number of hydrogen-bond donors (Lipinski definition) is 2. The highest BCUT2D eigenvalue weighted by atomic mass is 32.1. The van der Waals surface area contributed by atoms with Gasteiger partial charge >= 0.3 is 11.9 Å². The Kier molecular flexibility index (Phi) is 39.6. The fourth-order valence-electron chi connectivity index (χ4n) is 19.0. The van der Waals surface area contributed by atoms with Crippen molar-refractivity contribution < 1.29 is 51.8 Å². The first-order valence-corrected chi connectivity index (χ1v) is 64.0. The second-order valence-electron chi connectivity index (χ2n) is 45.4. The highest BCUT2D eigenvalue weighted by molar-refractivity contribution is 7.19. The average Bonchev–Trinajstić information content (AvgIpc) is 1.62. The molecule has 0 saturated heterocycles. The number of nitrogens with zero attached hydrogens (tertiary/aromatic N) is 2. The fraction of sp³-hybridized carbons (Fsp3) is 0.565. The molecule has 0 radical (unpaired) electrons. The highest BCUT2D eigenvalue weighted by Crippen LogP contribution is 2.53. The number of carboxylic acids is 1. The molecule has 3 unspecified atom stereocenters. The van der Waals surface area contributed by atoms with E-state index in [9.17, 15) is 19.2 Å². The number of aliphatic carboxylic acids is 1. The number of thiophene rings is 2. The number of fused-ring (bicyclic) bond motifs is 4. The summed E-state index contributed by atoms with van der Waals surface area (Å²) in [6.45, 7) is 56.8. The van der Waals surface area contributed by atoms with Gasteiger partial charge in [-0.25, -0.2) is 0 Å². The lowest BCUT2D eigenvalue weighted by molar-refractivity contribution is -0.145. The first-order valence-electron chi connectivity index (χ1n) is 50.7. The molecule has 19 heteroatoms. The molecule has 0 amide bonds. The number of aliphatic hydroxyl groups excluding tert-OH is 1. The van der Waals surface area contributed by atoms with Crippen LogP contribution in [0.1, 0.15) is 313 Å². The van der Waals surface area contributed by atoms with Crippen molar-refractivity contribution in [2.45, 2.75) is 386 Å². The molecule has 2 saturated carbocycles. The number of hydrogen-bond acceptors (Lipinski definition) is 14. The van der Waals surface area contributed by atoms with Crippen LogP contribution < -0.4 is 0 Å². The summed E-state index contributed by atoms with van der Waals surface area (Å²) in [6.07, 6.45) is 29.4. The van der Waals surface area contributed by atoms with Gasteiger partial charge in [-0.1, -0.05) is 277 Å². The summed E-state index contributed by atoms with van der Waals surface area (Å²) in [6, 6.07) is 54.2. The molecule has 4 heterocycles. The molecular weight excluding hydrogens is 1760 g/mol. The minimum absolute atomic E-state index is 0.0248. The van der Waals surface area contributed by atoms with E-state index in [0.717, 1.165) is 144 Å². The third kappa shape index (κ3) is 30.5. The number of carboxylic acid groups (broad SMARTS) is 1. The number of aliphatic hydroxyl groups is 1. The van der Waals surface area contributed by atoms with Gasteiger partial charge in [-0.2, -0.15) is 0 Å². The van der Waals surface area contributed by atoms with Crippen molar-refractivity contribution in [2.24, 2.45) is 29.6 Å². The van der Waals surface area contributed by atoms with Crippen molar-refractivity contribution in [3.05, 3.63) is 226 Å². The normalized spacial score (nSPS) is 19.1. The number of rotatable bonds is 44. The van der Waals surface area contributed by atoms with Crippen LogP contribution in [-0.4, -0.2) is 95.3 Å². The lowest BCUT2D eigenvalue weighted by Gasteiger charge is -2.41. The zero-order valence-electron chi connectivity index (χ0n) is 86.2. The van der Waals surface area contributed by atoms with Crippen molar-refractivity contribution in [3.63, 3.8) is 0 Å². The van der Waals surface area contributed by atoms with Gasteiger partial charge in [0.25, 0.3) is 0 Å². The average molecular weight is 1930 g/mol. The molecule has 134 heavy (non-hydrogen) atoms. The van der Waals surface area contributed by atoms with Gasteiger partial charge in [0.05, 0.1) is 24.9 Å². The summed E-state index contributed by atoms with van der Waals surface area (Å²) in [7, 11) is -8.15. The minimum atomic E-state index is -2.12.